The number of rotatable bonds is 6. The molecule has 1 aromatic carbocycles. The average Bonchev–Trinajstić information content (AvgIpc) is 3.16. The summed E-state index contributed by atoms with van der Waals surface area (Å²) in [6, 6.07) is 9.78. The first-order valence-corrected chi connectivity index (χ1v) is 9.55. The van der Waals surface area contributed by atoms with Gasteiger partial charge in [-0.3, -0.25) is 0 Å². The van der Waals surface area contributed by atoms with E-state index in [-0.39, 0.29) is 18.1 Å². The molecule has 9 heteroatoms. The molecule has 4 rings (SSSR count). The van der Waals surface area contributed by atoms with Crippen LogP contribution in [0.1, 0.15) is 22.3 Å². The minimum Gasteiger partial charge on any atom is -0.497 e. The number of ether oxygens (including phenoxy) is 2. The lowest BCUT2D eigenvalue weighted by Crippen LogP contribution is -2.43. The summed E-state index contributed by atoms with van der Waals surface area (Å²) < 4.78 is 12.6. The highest BCUT2D eigenvalue weighted by Gasteiger charge is 2.27. The van der Waals surface area contributed by atoms with E-state index in [1.54, 1.807) is 18.0 Å². The van der Waals surface area contributed by atoms with Crippen molar-refractivity contribution in [3.05, 3.63) is 47.8 Å². The second-order valence-corrected chi connectivity index (χ2v) is 7.01. The number of carbonyl (C=O) groups is 1. The van der Waals surface area contributed by atoms with Crippen LogP contribution in [0.2, 0.25) is 0 Å². The summed E-state index contributed by atoms with van der Waals surface area (Å²) in [5, 5.41) is 23.9. The molecule has 2 aromatic heterocycles. The fourth-order valence-corrected chi connectivity index (χ4v) is 3.68. The molecule has 0 radical (unpaired) electrons. The van der Waals surface area contributed by atoms with Crippen LogP contribution in [0, 0.1) is 11.3 Å². The van der Waals surface area contributed by atoms with Gasteiger partial charge < -0.3 is 19.5 Å². The van der Waals surface area contributed by atoms with E-state index in [4.69, 9.17) is 14.7 Å². The first-order valence-electron chi connectivity index (χ1n) is 9.55. The first-order chi connectivity index (χ1) is 14.6. The molecule has 1 saturated heterocycles. The molecule has 0 amide bonds. The third kappa shape index (κ3) is 3.77. The Morgan fingerprint density at radius 3 is 2.87 bits per heavy atom. The lowest BCUT2D eigenvalue weighted by molar-refractivity contribution is 0.0437. The van der Waals surface area contributed by atoms with Gasteiger partial charge in [0, 0.05) is 19.3 Å². The summed E-state index contributed by atoms with van der Waals surface area (Å²) in [6.07, 6.45) is 3.02. The Hall–Kier alpha value is -3.64. The Bertz CT molecular complexity index is 1100. The molecule has 154 valence electrons. The third-order valence-electron chi connectivity index (χ3n) is 5.13. The van der Waals surface area contributed by atoms with E-state index in [0.29, 0.717) is 43.0 Å². The number of carboxylic acids is 1. The molecule has 0 saturated carbocycles. The molecule has 9 nitrogen and oxygen atoms in total. The zero-order valence-corrected chi connectivity index (χ0v) is 16.5. The average molecular weight is 407 g/mol. The number of benzene rings is 1. The van der Waals surface area contributed by atoms with Crippen molar-refractivity contribution in [2.75, 3.05) is 31.7 Å². The molecular formula is C21H21N5O4. The SMILES string of the molecule is COc1ccc(Cn2ncc3c(N4CCOC(CC#N)C4)c(C(=O)O)cnc32)cc1. The number of nitriles is 1. The molecule has 1 unspecified atom stereocenters. The molecule has 3 heterocycles. The highest BCUT2D eigenvalue weighted by molar-refractivity contribution is 6.03. The van der Waals surface area contributed by atoms with Crippen molar-refractivity contribution >= 4 is 22.7 Å². The Labute approximate surface area is 173 Å². The van der Waals surface area contributed by atoms with Crippen LogP contribution < -0.4 is 9.64 Å². The molecule has 1 fully saturated rings. The van der Waals surface area contributed by atoms with Crippen LogP contribution in [-0.2, 0) is 11.3 Å². The molecule has 0 bridgehead atoms. The van der Waals surface area contributed by atoms with Crippen LogP contribution in [-0.4, -0.2) is 58.8 Å². The fourth-order valence-electron chi connectivity index (χ4n) is 3.68. The Morgan fingerprint density at radius 1 is 1.37 bits per heavy atom. The predicted octanol–water partition coefficient (Wildman–Crippen LogP) is 2.31. The van der Waals surface area contributed by atoms with E-state index in [0.717, 1.165) is 11.3 Å². The van der Waals surface area contributed by atoms with Gasteiger partial charge in [0.25, 0.3) is 0 Å². The molecule has 30 heavy (non-hydrogen) atoms. The highest BCUT2D eigenvalue weighted by atomic mass is 16.5. The van der Waals surface area contributed by atoms with Gasteiger partial charge in [0.1, 0.15) is 11.3 Å². The van der Waals surface area contributed by atoms with Gasteiger partial charge in [0.05, 0.1) is 56.1 Å². The number of carboxylic acid groups (broad SMARTS) is 1. The van der Waals surface area contributed by atoms with Crippen LogP contribution in [0.5, 0.6) is 5.75 Å². The number of methoxy groups -OCH3 is 1. The lowest BCUT2D eigenvalue weighted by atomic mass is 10.1. The quantitative estimate of drug-likeness (QED) is 0.662. The van der Waals surface area contributed by atoms with Gasteiger partial charge in [0.2, 0.25) is 0 Å². The monoisotopic (exact) mass is 407 g/mol. The van der Waals surface area contributed by atoms with Crippen molar-refractivity contribution in [2.24, 2.45) is 0 Å². The molecule has 1 atom stereocenters. The molecular weight excluding hydrogens is 386 g/mol. The van der Waals surface area contributed by atoms with Gasteiger partial charge in [-0.25, -0.2) is 14.5 Å². The van der Waals surface area contributed by atoms with Crippen LogP contribution in [0.15, 0.2) is 36.7 Å². The number of aromatic carboxylic acids is 1. The van der Waals surface area contributed by atoms with Crippen molar-refractivity contribution in [1.29, 1.82) is 5.26 Å². The molecule has 1 aliphatic rings. The Kier molecular flexibility index (Phi) is 5.50. The molecule has 3 aromatic rings. The van der Waals surface area contributed by atoms with E-state index in [9.17, 15) is 9.90 Å². The fraction of sp³-hybridized carbons (Fsp3) is 0.333. The molecule has 0 spiro atoms. The number of nitrogens with zero attached hydrogens (tertiary/aromatic N) is 5. The number of fused-ring (bicyclic) bond motifs is 1. The highest BCUT2D eigenvalue weighted by Crippen LogP contribution is 2.31. The van der Waals surface area contributed by atoms with Crippen molar-refractivity contribution in [3.8, 4) is 11.8 Å². The van der Waals surface area contributed by atoms with E-state index >= 15 is 0 Å². The number of aromatic nitrogens is 3. The zero-order chi connectivity index (χ0) is 21.1. The van der Waals surface area contributed by atoms with Crippen LogP contribution >= 0.6 is 0 Å². The summed E-state index contributed by atoms with van der Waals surface area (Å²) in [5.74, 6) is -0.277. The zero-order valence-electron chi connectivity index (χ0n) is 16.5. The van der Waals surface area contributed by atoms with Crippen molar-refractivity contribution in [1.82, 2.24) is 14.8 Å². The largest absolute Gasteiger partial charge is 0.497 e. The minimum atomic E-state index is -1.05. The van der Waals surface area contributed by atoms with Crippen LogP contribution in [0.4, 0.5) is 5.69 Å². The topological polar surface area (TPSA) is 114 Å². The molecule has 1 aliphatic heterocycles. The normalized spacial score (nSPS) is 16.4. The molecule has 1 N–H and O–H groups in total. The number of hydrogen-bond acceptors (Lipinski definition) is 7. The van der Waals surface area contributed by atoms with Gasteiger partial charge in [-0.1, -0.05) is 12.1 Å². The second-order valence-electron chi connectivity index (χ2n) is 7.01. The number of hydrogen-bond donors (Lipinski definition) is 1. The summed E-state index contributed by atoms with van der Waals surface area (Å²) >= 11 is 0. The number of morpholine rings is 1. The van der Waals surface area contributed by atoms with E-state index < -0.39 is 5.97 Å². The van der Waals surface area contributed by atoms with Gasteiger partial charge in [-0.2, -0.15) is 10.4 Å². The summed E-state index contributed by atoms with van der Waals surface area (Å²) in [5.41, 5.74) is 2.31. The van der Waals surface area contributed by atoms with Crippen molar-refractivity contribution < 1.29 is 19.4 Å². The van der Waals surface area contributed by atoms with E-state index in [2.05, 4.69) is 16.2 Å². The maximum Gasteiger partial charge on any atom is 0.339 e. The maximum atomic E-state index is 11.9. The molecule has 0 aliphatic carbocycles. The van der Waals surface area contributed by atoms with Crippen LogP contribution in [0.3, 0.4) is 0 Å². The standard InChI is InChI=1S/C21H21N5O4/c1-29-15-4-2-14(3-5-15)12-26-20-17(11-24-26)19(18(10-23-20)21(27)28)25-8-9-30-16(13-25)6-7-22/h2-5,10-11,16H,6,8-9,12-13H2,1H3,(H,27,28). The van der Waals surface area contributed by atoms with Gasteiger partial charge in [0.15, 0.2) is 5.65 Å². The lowest BCUT2D eigenvalue weighted by Gasteiger charge is -2.34. The van der Waals surface area contributed by atoms with Crippen LogP contribution in [0.25, 0.3) is 11.0 Å². The Morgan fingerprint density at radius 2 is 2.17 bits per heavy atom. The van der Waals surface area contributed by atoms with Gasteiger partial charge in [-0.15, -0.1) is 0 Å². The Balaban J connectivity index is 1.72. The second kappa shape index (κ2) is 8.39. The number of pyridine rings is 1. The third-order valence-corrected chi connectivity index (χ3v) is 5.13. The summed E-state index contributed by atoms with van der Waals surface area (Å²) in [7, 11) is 1.62. The van der Waals surface area contributed by atoms with Gasteiger partial charge >= 0.3 is 5.97 Å². The number of anilines is 1. The smallest absolute Gasteiger partial charge is 0.339 e. The van der Waals surface area contributed by atoms with E-state index in [1.807, 2.05) is 29.2 Å². The van der Waals surface area contributed by atoms with E-state index in [1.165, 1.54) is 6.20 Å². The summed E-state index contributed by atoms with van der Waals surface area (Å²) in [6.45, 7) is 1.89. The minimum absolute atomic E-state index is 0.115. The summed E-state index contributed by atoms with van der Waals surface area (Å²) in [4.78, 5) is 18.2. The first kappa shape index (κ1) is 19.7. The van der Waals surface area contributed by atoms with Gasteiger partial charge in [-0.05, 0) is 17.7 Å². The van der Waals surface area contributed by atoms with Crippen molar-refractivity contribution in [2.45, 2.75) is 19.1 Å². The predicted molar refractivity (Wildman–Crippen MR) is 109 cm³/mol. The maximum absolute atomic E-state index is 11.9. The van der Waals surface area contributed by atoms with Crippen molar-refractivity contribution in [3.63, 3.8) is 0 Å².